The number of oxime groups is 1. The van der Waals surface area contributed by atoms with E-state index in [1.165, 1.54) is 6.21 Å². The summed E-state index contributed by atoms with van der Waals surface area (Å²) in [6.07, 6.45) is 6.50. The van der Waals surface area contributed by atoms with Crippen LogP contribution in [0.5, 0.6) is 0 Å². The van der Waals surface area contributed by atoms with Crippen LogP contribution in [0.15, 0.2) is 47.8 Å². The van der Waals surface area contributed by atoms with Crippen molar-refractivity contribution in [1.82, 2.24) is 20.3 Å². The SMILES string of the molecule is CC1(C)OC[C@H](/C=C/C=N/OCC(=O)NCc2cn(-c3ccc(NC(=O)C[N+](C)(C)C)cc3)nn2)O1. The molecule has 1 fully saturated rings. The number of rotatable bonds is 11. The van der Waals surface area contributed by atoms with Gasteiger partial charge in [-0.3, -0.25) is 9.59 Å². The fourth-order valence-electron chi connectivity index (χ4n) is 3.23. The Labute approximate surface area is 210 Å². The fraction of sp³-hybridized carbons (Fsp3) is 0.458. The number of nitrogens with one attached hydrogen (secondary N) is 2. The van der Waals surface area contributed by atoms with Gasteiger partial charge in [-0.05, 0) is 44.2 Å². The van der Waals surface area contributed by atoms with Crippen molar-refractivity contribution in [2.75, 3.05) is 46.2 Å². The van der Waals surface area contributed by atoms with Crippen LogP contribution in [0.4, 0.5) is 5.69 Å². The molecular formula is C24H34N7O5+. The topological polar surface area (TPSA) is 129 Å². The molecule has 0 bridgehead atoms. The molecule has 2 N–H and O–H groups in total. The lowest BCUT2D eigenvalue weighted by Crippen LogP contribution is -2.41. The number of aromatic nitrogens is 3. The predicted octanol–water partition coefficient (Wildman–Crippen LogP) is 1.24. The van der Waals surface area contributed by atoms with E-state index < -0.39 is 5.79 Å². The molecule has 1 aromatic heterocycles. The molecule has 12 heteroatoms. The van der Waals surface area contributed by atoms with Gasteiger partial charge in [-0.15, -0.1) is 5.10 Å². The number of anilines is 1. The first kappa shape index (κ1) is 27.0. The molecule has 1 aliphatic rings. The first-order chi connectivity index (χ1) is 17.0. The maximum Gasteiger partial charge on any atom is 0.279 e. The van der Waals surface area contributed by atoms with E-state index in [-0.39, 0.29) is 31.1 Å². The smallest absolute Gasteiger partial charge is 0.279 e. The number of allylic oxidation sites excluding steroid dienone is 1. The lowest BCUT2D eigenvalue weighted by molar-refractivity contribution is -0.861. The second-order valence-electron chi connectivity index (χ2n) is 9.75. The van der Waals surface area contributed by atoms with Crippen molar-refractivity contribution in [2.24, 2.45) is 5.16 Å². The van der Waals surface area contributed by atoms with Crippen molar-refractivity contribution in [1.29, 1.82) is 0 Å². The van der Waals surface area contributed by atoms with Crippen LogP contribution in [-0.4, -0.2) is 90.3 Å². The molecule has 1 saturated heterocycles. The number of likely N-dealkylation sites (N-methyl/N-ethyl adjacent to an activating group) is 1. The minimum atomic E-state index is -0.582. The van der Waals surface area contributed by atoms with Crippen LogP contribution < -0.4 is 10.6 Å². The zero-order chi connectivity index (χ0) is 26.2. The molecule has 1 aromatic carbocycles. The second-order valence-corrected chi connectivity index (χ2v) is 9.75. The number of carbonyl (C=O) groups is 2. The molecule has 0 spiro atoms. The largest absolute Gasteiger partial charge is 0.386 e. The average Bonchev–Trinajstić information content (AvgIpc) is 3.40. The number of amides is 2. The third kappa shape index (κ3) is 9.21. The van der Waals surface area contributed by atoms with E-state index in [1.54, 1.807) is 35.2 Å². The Kier molecular flexibility index (Phi) is 8.91. The van der Waals surface area contributed by atoms with E-state index in [4.69, 9.17) is 14.3 Å². The van der Waals surface area contributed by atoms with Gasteiger partial charge in [-0.1, -0.05) is 16.4 Å². The van der Waals surface area contributed by atoms with Crippen molar-refractivity contribution in [3.05, 3.63) is 48.3 Å². The monoisotopic (exact) mass is 500 g/mol. The Hall–Kier alpha value is -3.61. The molecule has 1 aliphatic heterocycles. The summed E-state index contributed by atoms with van der Waals surface area (Å²) in [5, 5.41) is 17.5. The van der Waals surface area contributed by atoms with Gasteiger partial charge in [-0.25, -0.2) is 4.68 Å². The Morgan fingerprint density at radius 3 is 2.67 bits per heavy atom. The maximum absolute atomic E-state index is 12.1. The highest BCUT2D eigenvalue weighted by Gasteiger charge is 2.30. The van der Waals surface area contributed by atoms with Crippen LogP contribution in [0.3, 0.4) is 0 Å². The molecule has 2 heterocycles. The Morgan fingerprint density at radius 2 is 2.00 bits per heavy atom. The van der Waals surface area contributed by atoms with Crippen molar-refractivity contribution >= 4 is 23.7 Å². The van der Waals surface area contributed by atoms with E-state index in [9.17, 15) is 9.59 Å². The van der Waals surface area contributed by atoms with Gasteiger partial charge in [0, 0.05) is 5.69 Å². The number of quaternary nitrogens is 1. The quantitative estimate of drug-likeness (QED) is 0.270. The first-order valence-corrected chi connectivity index (χ1v) is 11.5. The lowest BCUT2D eigenvalue weighted by atomic mass is 10.2. The minimum Gasteiger partial charge on any atom is -0.386 e. The average molecular weight is 501 g/mol. The number of nitrogens with zero attached hydrogens (tertiary/aromatic N) is 5. The maximum atomic E-state index is 12.1. The Balaban J connectivity index is 1.37. The number of hydrogen-bond acceptors (Lipinski definition) is 8. The summed E-state index contributed by atoms with van der Waals surface area (Å²) < 4.78 is 13.2. The van der Waals surface area contributed by atoms with Crippen LogP contribution in [0.2, 0.25) is 0 Å². The summed E-state index contributed by atoms with van der Waals surface area (Å²) in [6.45, 7) is 4.53. The van der Waals surface area contributed by atoms with E-state index in [0.717, 1.165) is 5.69 Å². The lowest BCUT2D eigenvalue weighted by Gasteiger charge is -2.22. The molecule has 12 nitrogen and oxygen atoms in total. The summed E-state index contributed by atoms with van der Waals surface area (Å²) in [5.74, 6) is -0.979. The molecule has 2 amide bonds. The highest BCUT2D eigenvalue weighted by atomic mass is 16.7. The molecule has 2 aromatic rings. The van der Waals surface area contributed by atoms with Crippen LogP contribution >= 0.6 is 0 Å². The van der Waals surface area contributed by atoms with Crippen LogP contribution in [0.25, 0.3) is 5.69 Å². The first-order valence-electron chi connectivity index (χ1n) is 11.5. The zero-order valence-electron chi connectivity index (χ0n) is 21.3. The highest BCUT2D eigenvalue weighted by Crippen LogP contribution is 2.22. The molecule has 194 valence electrons. The van der Waals surface area contributed by atoms with Gasteiger partial charge in [0.05, 0.1) is 52.4 Å². The third-order valence-corrected chi connectivity index (χ3v) is 4.81. The number of hydrogen-bond donors (Lipinski definition) is 2. The van der Waals surface area contributed by atoms with Crippen molar-refractivity contribution in [3.8, 4) is 5.69 Å². The van der Waals surface area contributed by atoms with Crippen LogP contribution in [-0.2, 0) is 30.4 Å². The molecule has 0 unspecified atom stereocenters. The van der Waals surface area contributed by atoms with Gasteiger partial charge in [0.2, 0.25) is 0 Å². The van der Waals surface area contributed by atoms with Crippen molar-refractivity contribution < 1.29 is 28.4 Å². The van der Waals surface area contributed by atoms with Crippen molar-refractivity contribution in [2.45, 2.75) is 32.3 Å². The van der Waals surface area contributed by atoms with Gasteiger partial charge < -0.3 is 29.4 Å². The standard InChI is InChI=1S/C24H33N7O5/c1-24(2)34-16-21(36-24)7-6-12-26-35-17-23(33)25-13-19-14-30(29-28-19)20-10-8-18(9-11-20)27-22(32)15-31(3,4)5/h6-12,14,21H,13,15-17H2,1-5H3,(H-,25,27,32,33)/p+1/b7-6+,26-12+/t21-/m0/s1. The fourth-order valence-corrected chi connectivity index (χ4v) is 3.23. The Morgan fingerprint density at radius 1 is 1.25 bits per heavy atom. The predicted molar refractivity (Wildman–Crippen MR) is 133 cm³/mol. The van der Waals surface area contributed by atoms with Crippen LogP contribution in [0.1, 0.15) is 19.5 Å². The van der Waals surface area contributed by atoms with E-state index in [2.05, 4.69) is 26.1 Å². The van der Waals surface area contributed by atoms with Gasteiger partial charge in [0.1, 0.15) is 11.8 Å². The highest BCUT2D eigenvalue weighted by molar-refractivity contribution is 5.91. The number of ether oxygens (including phenoxy) is 2. The minimum absolute atomic E-state index is 0.0573. The van der Waals surface area contributed by atoms with Crippen LogP contribution in [0, 0.1) is 0 Å². The van der Waals surface area contributed by atoms with Gasteiger partial charge in [0.25, 0.3) is 11.8 Å². The van der Waals surface area contributed by atoms with Gasteiger partial charge in [0.15, 0.2) is 18.9 Å². The molecule has 0 saturated carbocycles. The molecule has 0 aliphatic carbocycles. The molecule has 0 radical (unpaired) electrons. The normalized spacial score (nSPS) is 17.5. The third-order valence-electron chi connectivity index (χ3n) is 4.81. The van der Waals surface area contributed by atoms with E-state index in [0.29, 0.717) is 29.0 Å². The second kappa shape index (κ2) is 11.9. The Bertz CT molecular complexity index is 1090. The molecule has 1 atom stereocenters. The summed E-state index contributed by atoms with van der Waals surface area (Å²) >= 11 is 0. The summed E-state index contributed by atoms with van der Waals surface area (Å²) in [7, 11) is 5.87. The zero-order valence-corrected chi connectivity index (χ0v) is 21.3. The van der Waals surface area contributed by atoms with Gasteiger partial charge >= 0.3 is 0 Å². The summed E-state index contributed by atoms with van der Waals surface area (Å²) in [6, 6.07) is 7.25. The van der Waals surface area contributed by atoms with Crippen molar-refractivity contribution in [3.63, 3.8) is 0 Å². The molecular weight excluding hydrogens is 466 g/mol. The number of carbonyl (C=O) groups excluding carboxylic acids is 2. The number of benzene rings is 1. The van der Waals surface area contributed by atoms with E-state index in [1.807, 2.05) is 47.1 Å². The molecule has 36 heavy (non-hydrogen) atoms. The summed E-state index contributed by atoms with van der Waals surface area (Å²) in [5.41, 5.74) is 2.05. The van der Waals surface area contributed by atoms with E-state index >= 15 is 0 Å². The summed E-state index contributed by atoms with van der Waals surface area (Å²) in [4.78, 5) is 29.0. The van der Waals surface area contributed by atoms with Gasteiger partial charge in [-0.2, -0.15) is 0 Å². The molecule has 3 rings (SSSR count).